The van der Waals surface area contributed by atoms with Crippen molar-refractivity contribution in [2.24, 2.45) is 5.92 Å². The summed E-state index contributed by atoms with van der Waals surface area (Å²) in [5.74, 6) is 0.0605. The summed E-state index contributed by atoms with van der Waals surface area (Å²) in [7, 11) is 1.48. The van der Waals surface area contributed by atoms with E-state index in [-0.39, 0.29) is 36.1 Å². The molecule has 11 nitrogen and oxygen atoms in total. The number of nitrogens with one attached hydrogen (secondary N) is 1. The number of carbonyl (C=O) groups excluding carboxylic acids is 1. The summed E-state index contributed by atoms with van der Waals surface area (Å²) < 4.78 is 7.92. The molecule has 0 radical (unpaired) electrons. The molecular formula is C20H25N7O4. The maximum atomic E-state index is 13.3. The van der Waals surface area contributed by atoms with Crippen LogP contribution >= 0.6 is 0 Å². The van der Waals surface area contributed by atoms with Gasteiger partial charge < -0.3 is 10.5 Å². The molecule has 3 heterocycles. The Morgan fingerprint density at radius 1 is 1.32 bits per heavy atom. The van der Waals surface area contributed by atoms with Gasteiger partial charge in [0.2, 0.25) is 0 Å². The molecule has 0 aliphatic carbocycles. The van der Waals surface area contributed by atoms with E-state index in [2.05, 4.69) is 15.1 Å². The number of aromatic nitrogens is 5. The molecule has 11 heteroatoms. The highest BCUT2D eigenvalue weighted by Crippen LogP contribution is 2.20. The minimum absolute atomic E-state index is 0.0589. The smallest absolute Gasteiger partial charge is 0.330 e. The van der Waals surface area contributed by atoms with Crippen LogP contribution in [0.2, 0.25) is 0 Å². The number of nitrogen functional groups attached to an aromatic ring is 1. The van der Waals surface area contributed by atoms with Crippen molar-refractivity contribution in [2.45, 2.75) is 20.4 Å². The molecule has 0 saturated carbocycles. The summed E-state index contributed by atoms with van der Waals surface area (Å²) in [6, 6.07) is 4.98. The van der Waals surface area contributed by atoms with E-state index in [4.69, 9.17) is 10.5 Å². The first-order chi connectivity index (χ1) is 14.8. The normalized spacial score (nSPS) is 11.1. The topological polar surface area (TPSA) is 141 Å². The molecule has 164 valence electrons. The van der Waals surface area contributed by atoms with Gasteiger partial charge in [0.15, 0.2) is 11.5 Å². The fraction of sp³-hybridized carbons (Fsp3) is 0.350. The molecule has 3 aromatic rings. The number of hydrogen-bond donors (Lipinski definition) is 2. The molecular weight excluding hydrogens is 402 g/mol. The molecule has 0 saturated heterocycles. The van der Waals surface area contributed by atoms with E-state index in [0.29, 0.717) is 12.4 Å². The molecule has 0 fully saturated rings. The van der Waals surface area contributed by atoms with Gasteiger partial charge in [-0.15, -0.1) is 0 Å². The van der Waals surface area contributed by atoms with Crippen molar-refractivity contribution in [1.82, 2.24) is 24.3 Å². The predicted molar refractivity (Wildman–Crippen MR) is 115 cm³/mol. The van der Waals surface area contributed by atoms with Crippen LogP contribution < -0.4 is 21.9 Å². The van der Waals surface area contributed by atoms with E-state index >= 15 is 0 Å². The van der Waals surface area contributed by atoms with Crippen molar-refractivity contribution < 1.29 is 9.53 Å². The van der Waals surface area contributed by atoms with Gasteiger partial charge in [-0.25, -0.2) is 14.5 Å². The Balaban J connectivity index is 2.03. The van der Waals surface area contributed by atoms with Crippen LogP contribution in [0.15, 0.2) is 46.4 Å². The number of nitrogens with zero attached hydrogens (tertiary/aromatic N) is 5. The van der Waals surface area contributed by atoms with Crippen molar-refractivity contribution in [1.29, 1.82) is 0 Å². The first-order valence-corrected chi connectivity index (χ1v) is 9.73. The number of anilines is 2. The first kappa shape index (κ1) is 22.0. The number of methoxy groups -OCH3 is 1. The zero-order chi connectivity index (χ0) is 22.5. The number of carbonyl (C=O) groups is 1. The number of amides is 1. The van der Waals surface area contributed by atoms with Gasteiger partial charge in [-0.1, -0.05) is 13.8 Å². The van der Waals surface area contributed by atoms with Gasteiger partial charge in [0.1, 0.15) is 5.82 Å². The highest BCUT2D eigenvalue weighted by molar-refractivity contribution is 6.07. The monoisotopic (exact) mass is 427 g/mol. The molecule has 0 atom stereocenters. The Labute approximate surface area is 178 Å². The van der Waals surface area contributed by atoms with Gasteiger partial charge in [0.25, 0.3) is 11.5 Å². The maximum Gasteiger partial charge on any atom is 0.330 e. The van der Waals surface area contributed by atoms with Gasteiger partial charge in [0, 0.05) is 38.8 Å². The van der Waals surface area contributed by atoms with Crippen LogP contribution in [0.3, 0.4) is 0 Å². The standard InChI is InChI=1S/C20H25N7O4/c1-13(2)12-26-17(21)16(18(28)24-20(26)30)25(9-10-31-3)19(29)14-5-6-15(22-11-14)27-8-4-7-23-27/h4-8,11,13H,9-10,12,21H2,1-3H3,(H,24,28,30). The van der Waals surface area contributed by atoms with Crippen LogP contribution in [0.4, 0.5) is 11.5 Å². The molecule has 0 aliphatic heterocycles. The van der Waals surface area contributed by atoms with Gasteiger partial charge in [-0.05, 0) is 24.1 Å². The van der Waals surface area contributed by atoms with Gasteiger partial charge in [0.05, 0.1) is 12.2 Å². The quantitative estimate of drug-likeness (QED) is 0.537. The van der Waals surface area contributed by atoms with Crippen LogP contribution in [0.1, 0.15) is 24.2 Å². The van der Waals surface area contributed by atoms with Crippen LogP contribution in [-0.4, -0.2) is 50.5 Å². The van der Waals surface area contributed by atoms with E-state index < -0.39 is 17.2 Å². The lowest BCUT2D eigenvalue weighted by atomic mass is 10.2. The number of ether oxygens (including phenoxy) is 1. The molecule has 3 rings (SSSR count). The van der Waals surface area contributed by atoms with Crippen LogP contribution in [-0.2, 0) is 11.3 Å². The third-order valence-corrected chi connectivity index (χ3v) is 4.53. The van der Waals surface area contributed by atoms with Crippen LogP contribution in [0.5, 0.6) is 0 Å². The highest BCUT2D eigenvalue weighted by atomic mass is 16.5. The van der Waals surface area contributed by atoms with Crippen molar-refractivity contribution >= 4 is 17.4 Å². The molecule has 1 amide bonds. The van der Waals surface area contributed by atoms with E-state index in [1.165, 1.54) is 22.8 Å². The van der Waals surface area contributed by atoms with Crippen molar-refractivity contribution in [3.63, 3.8) is 0 Å². The third-order valence-electron chi connectivity index (χ3n) is 4.53. The van der Waals surface area contributed by atoms with E-state index in [1.807, 2.05) is 13.8 Å². The fourth-order valence-electron chi connectivity index (χ4n) is 3.09. The highest BCUT2D eigenvalue weighted by Gasteiger charge is 2.25. The second kappa shape index (κ2) is 9.39. The average molecular weight is 427 g/mol. The Bertz CT molecular complexity index is 1150. The number of hydrogen-bond acceptors (Lipinski definition) is 7. The Morgan fingerprint density at radius 3 is 2.68 bits per heavy atom. The number of pyridine rings is 1. The molecule has 0 unspecified atom stereocenters. The van der Waals surface area contributed by atoms with E-state index in [0.717, 1.165) is 0 Å². The summed E-state index contributed by atoms with van der Waals surface area (Å²) >= 11 is 0. The zero-order valence-electron chi connectivity index (χ0n) is 17.6. The van der Waals surface area contributed by atoms with Crippen molar-refractivity contribution in [3.8, 4) is 5.82 Å². The first-order valence-electron chi connectivity index (χ1n) is 9.73. The number of H-pyrrole nitrogens is 1. The Kier molecular flexibility index (Phi) is 6.65. The lowest BCUT2D eigenvalue weighted by Crippen LogP contribution is -2.43. The average Bonchev–Trinajstić information content (AvgIpc) is 3.28. The largest absolute Gasteiger partial charge is 0.383 e. The second-order valence-electron chi connectivity index (χ2n) is 7.30. The predicted octanol–water partition coefficient (Wildman–Crippen LogP) is 0.649. The van der Waals surface area contributed by atoms with E-state index in [9.17, 15) is 14.4 Å². The summed E-state index contributed by atoms with van der Waals surface area (Å²) in [5.41, 5.74) is 4.97. The maximum absolute atomic E-state index is 13.3. The fourth-order valence-corrected chi connectivity index (χ4v) is 3.09. The number of aromatic amines is 1. The summed E-state index contributed by atoms with van der Waals surface area (Å²) in [4.78, 5) is 45.9. The number of rotatable bonds is 8. The third kappa shape index (κ3) is 4.72. The molecule has 0 bridgehead atoms. The summed E-state index contributed by atoms with van der Waals surface area (Å²) in [6.45, 7) is 4.34. The SMILES string of the molecule is COCCN(C(=O)c1ccc(-n2cccn2)nc1)c1c(N)n(CC(C)C)c(=O)[nH]c1=O. The zero-order valence-corrected chi connectivity index (χ0v) is 17.6. The summed E-state index contributed by atoms with van der Waals surface area (Å²) in [6.07, 6.45) is 4.74. The van der Waals surface area contributed by atoms with Crippen molar-refractivity contribution in [2.75, 3.05) is 30.9 Å². The second-order valence-corrected chi connectivity index (χ2v) is 7.30. The molecule has 0 aromatic carbocycles. The Hall–Kier alpha value is -3.73. The molecule has 3 aromatic heterocycles. The number of nitrogens with two attached hydrogens (primary N) is 1. The van der Waals surface area contributed by atoms with Gasteiger partial charge in [-0.2, -0.15) is 5.10 Å². The molecule has 31 heavy (non-hydrogen) atoms. The van der Waals surface area contributed by atoms with E-state index in [1.54, 1.807) is 35.3 Å². The lowest BCUT2D eigenvalue weighted by molar-refractivity contribution is 0.0975. The lowest BCUT2D eigenvalue weighted by Gasteiger charge is -2.24. The van der Waals surface area contributed by atoms with Gasteiger partial charge >= 0.3 is 5.69 Å². The minimum Gasteiger partial charge on any atom is -0.383 e. The molecule has 0 aliphatic rings. The van der Waals surface area contributed by atoms with Gasteiger partial charge in [-0.3, -0.25) is 24.0 Å². The van der Waals surface area contributed by atoms with Crippen LogP contribution in [0.25, 0.3) is 5.82 Å². The molecule has 0 spiro atoms. The van der Waals surface area contributed by atoms with Crippen molar-refractivity contribution in [3.05, 3.63) is 63.2 Å². The Morgan fingerprint density at radius 2 is 2.10 bits per heavy atom. The summed E-state index contributed by atoms with van der Waals surface area (Å²) in [5, 5.41) is 4.10. The van der Waals surface area contributed by atoms with Crippen LogP contribution in [0, 0.1) is 5.92 Å². The molecule has 3 N–H and O–H groups in total. The minimum atomic E-state index is -0.743.